The lowest BCUT2D eigenvalue weighted by molar-refractivity contribution is 0.236. The summed E-state index contributed by atoms with van der Waals surface area (Å²) in [5.41, 5.74) is 2.34. The average molecular weight is 306 g/mol. The molecule has 116 valence electrons. The zero-order valence-electron chi connectivity index (χ0n) is 13.1. The lowest BCUT2D eigenvalue weighted by Crippen LogP contribution is -2.29. The van der Waals surface area contributed by atoms with Crippen LogP contribution >= 0.6 is 0 Å². The molecule has 1 fully saturated rings. The van der Waals surface area contributed by atoms with Gasteiger partial charge in [-0.05, 0) is 50.2 Å². The molecule has 2 atom stereocenters. The highest BCUT2D eigenvalue weighted by molar-refractivity contribution is 7.86. The first-order valence-corrected chi connectivity index (χ1v) is 9.22. The average Bonchev–Trinajstić information content (AvgIpc) is 2.89. The summed E-state index contributed by atoms with van der Waals surface area (Å²) in [5, 5.41) is 0. The van der Waals surface area contributed by atoms with Crippen LogP contribution in [-0.4, -0.2) is 21.3 Å². The summed E-state index contributed by atoms with van der Waals surface area (Å²) >= 11 is 0. The van der Waals surface area contributed by atoms with Gasteiger partial charge < -0.3 is 4.74 Å². The van der Waals surface area contributed by atoms with Crippen molar-refractivity contribution in [3.63, 3.8) is 0 Å². The fourth-order valence-electron chi connectivity index (χ4n) is 3.04. The van der Waals surface area contributed by atoms with Gasteiger partial charge in [-0.2, -0.15) is 0 Å². The minimum absolute atomic E-state index is 0.0710. The van der Waals surface area contributed by atoms with Crippen LogP contribution in [0.25, 0.3) is 5.57 Å². The van der Waals surface area contributed by atoms with E-state index in [2.05, 4.69) is 26.0 Å². The van der Waals surface area contributed by atoms with E-state index in [9.17, 15) is 4.21 Å². The minimum Gasteiger partial charge on any atom is -0.501 e. The summed E-state index contributed by atoms with van der Waals surface area (Å²) in [6, 6.07) is 10.3. The Morgan fingerprint density at radius 1 is 1.38 bits per heavy atom. The maximum Gasteiger partial charge on any atom is 0.0874 e. The fraction of sp³-hybridized carbons (Fsp3) is 0.556. The highest BCUT2D eigenvalue weighted by Gasteiger charge is 2.38. The van der Waals surface area contributed by atoms with Crippen LogP contribution in [0.15, 0.2) is 36.6 Å². The summed E-state index contributed by atoms with van der Waals surface area (Å²) in [5.74, 6) is 0.891. The summed E-state index contributed by atoms with van der Waals surface area (Å²) in [7, 11) is -0.634. The summed E-state index contributed by atoms with van der Waals surface area (Å²) in [6.07, 6.45) is 7.12. The Morgan fingerprint density at radius 3 is 2.76 bits per heavy atom. The molecule has 1 aromatic carbocycles. The molecule has 1 aliphatic rings. The Morgan fingerprint density at radius 2 is 2.14 bits per heavy atom. The van der Waals surface area contributed by atoms with E-state index in [1.165, 1.54) is 5.56 Å². The number of hydrogen-bond donors (Lipinski definition) is 0. The van der Waals surface area contributed by atoms with Crippen LogP contribution in [0.4, 0.5) is 0 Å². The number of allylic oxidation sites excluding steroid dienone is 1. The first-order valence-electron chi connectivity index (χ1n) is 7.90. The van der Waals surface area contributed by atoms with Crippen molar-refractivity contribution in [3.05, 3.63) is 42.2 Å². The standard InChI is InChI=1S/C18H26O2S/c1-3-18(12-8-14-21(18)19)11-7-13-20-15-16(2)17-9-5-4-6-10-17/h4-6,9-10,15H,3,7-8,11-14H2,1-2H3/b16-15-. The van der Waals surface area contributed by atoms with Crippen LogP contribution in [0.1, 0.15) is 51.5 Å². The van der Waals surface area contributed by atoms with Crippen LogP contribution < -0.4 is 0 Å². The Labute approximate surface area is 131 Å². The summed E-state index contributed by atoms with van der Waals surface area (Å²) in [4.78, 5) is 0. The van der Waals surface area contributed by atoms with E-state index in [0.29, 0.717) is 6.61 Å². The largest absolute Gasteiger partial charge is 0.501 e. The molecule has 3 heteroatoms. The van der Waals surface area contributed by atoms with E-state index in [1.54, 1.807) is 0 Å². The highest BCUT2D eigenvalue weighted by atomic mass is 32.2. The molecule has 2 rings (SSSR count). The maximum atomic E-state index is 12.1. The van der Waals surface area contributed by atoms with Crippen molar-refractivity contribution in [1.82, 2.24) is 0 Å². The fourth-order valence-corrected chi connectivity index (χ4v) is 4.95. The number of benzene rings is 1. The summed E-state index contributed by atoms with van der Waals surface area (Å²) in [6.45, 7) is 4.95. The predicted octanol–water partition coefficient (Wildman–Crippen LogP) is 4.54. The van der Waals surface area contributed by atoms with Crippen molar-refractivity contribution in [2.45, 2.75) is 50.7 Å². The third-order valence-electron chi connectivity index (χ3n) is 4.47. The van der Waals surface area contributed by atoms with Gasteiger partial charge in [0.1, 0.15) is 0 Å². The van der Waals surface area contributed by atoms with Crippen LogP contribution in [0.5, 0.6) is 0 Å². The van der Waals surface area contributed by atoms with Gasteiger partial charge >= 0.3 is 0 Å². The van der Waals surface area contributed by atoms with E-state index in [0.717, 1.165) is 43.4 Å². The number of ether oxygens (including phenoxy) is 1. The van der Waals surface area contributed by atoms with Gasteiger partial charge in [-0.3, -0.25) is 4.21 Å². The zero-order valence-corrected chi connectivity index (χ0v) is 14.0. The monoisotopic (exact) mass is 306 g/mol. The van der Waals surface area contributed by atoms with E-state index >= 15 is 0 Å². The van der Waals surface area contributed by atoms with E-state index in [-0.39, 0.29) is 4.75 Å². The third kappa shape index (κ3) is 4.19. The van der Waals surface area contributed by atoms with Gasteiger partial charge in [0.05, 0.1) is 12.9 Å². The molecule has 1 aliphatic heterocycles. The van der Waals surface area contributed by atoms with Gasteiger partial charge in [-0.25, -0.2) is 0 Å². The molecule has 1 aromatic rings. The van der Waals surface area contributed by atoms with Crippen LogP contribution in [0.2, 0.25) is 0 Å². The molecule has 2 nitrogen and oxygen atoms in total. The smallest absolute Gasteiger partial charge is 0.0874 e. The van der Waals surface area contributed by atoms with E-state index in [1.807, 2.05) is 24.5 Å². The Hall–Kier alpha value is -1.09. The second-order valence-electron chi connectivity index (χ2n) is 5.83. The molecular weight excluding hydrogens is 280 g/mol. The molecule has 0 aliphatic carbocycles. The van der Waals surface area contributed by atoms with Gasteiger partial charge in [-0.15, -0.1) is 0 Å². The molecule has 21 heavy (non-hydrogen) atoms. The van der Waals surface area contributed by atoms with Crippen molar-refractivity contribution < 1.29 is 8.95 Å². The minimum atomic E-state index is -0.634. The first-order chi connectivity index (χ1) is 10.2. The molecule has 0 bridgehead atoms. The SMILES string of the molecule is CCC1(CCCO/C=C(/C)c2ccccc2)CCCS1=O. The predicted molar refractivity (Wildman–Crippen MR) is 90.5 cm³/mol. The lowest BCUT2D eigenvalue weighted by Gasteiger charge is -2.25. The number of rotatable bonds is 7. The molecule has 2 unspecified atom stereocenters. The van der Waals surface area contributed by atoms with Crippen molar-refractivity contribution >= 4 is 16.4 Å². The molecule has 0 amide bonds. The van der Waals surface area contributed by atoms with Crippen molar-refractivity contribution in [1.29, 1.82) is 0 Å². The lowest BCUT2D eigenvalue weighted by atomic mass is 9.95. The quantitative estimate of drug-likeness (QED) is 0.546. The summed E-state index contributed by atoms with van der Waals surface area (Å²) < 4.78 is 17.9. The third-order valence-corrected chi connectivity index (χ3v) is 6.80. The molecule has 0 radical (unpaired) electrons. The Bertz CT molecular complexity index is 495. The Kier molecular flexibility index (Phi) is 6.04. The van der Waals surface area contributed by atoms with Gasteiger partial charge in [-0.1, -0.05) is 37.3 Å². The molecular formula is C18H26O2S. The van der Waals surface area contributed by atoms with Crippen molar-refractivity contribution in [3.8, 4) is 0 Å². The van der Waals surface area contributed by atoms with E-state index in [4.69, 9.17) is 4.74 Å². The second-order valence-corrected chi connectivity index (χ2v) is 7.80. The molecule has 0 saturated carbocycles. The zero-order chi connectivity index (χ0) is 15.1. The topological polar surface area (TPSA) is 26.3 Å². The number of hydrogen-bond acceptors (Lipinski definition) is 2. The second kappa shape index (κ2) is 7.79. The van der Waals surface area contributed by atoms with Gasteiger partial charge in [0.15, 0.2) is 0 Å². The van der Waals surface area contributed by atoms with Crippen LogP contribution in [0.3, 0.4) is 0 Å². The normalized spacial score (nSPS) is 26.0. The van der Waals surface area contributed by atoms with Crippen molar-refractivity contribution in [2.75, 3.05) is 12.4 Å². The van der Waals surface area contributed by atoms with Crippen LogP contribution in [-0.2, 0) is 15.5 Å². The van der Waals surface area contributed by atoms with Gasteiger partial charge in [0, 0.05) is 21.3 Å². The molecule has 0 N–H and O–H groups in total. The molecule has 0 aromatic heterocycles. The first kappa shape index (κ1) is 16.3. The van der Waals surface area contributed by atoms with Crippen molar-refractivity contribution in [2.24, 2.45) is 0 Å². The van der Waals surface area contributed by atoms with Gasteiger partial charge in [0.2, 0.25) is 0 Å². The highest BCUT2D eigenvalue weighted by Crippen LogP contribution is 2.36. The maximum absolute atomic E-state index is 12.1. The molecule has 1 heterocycles. The van der Waals surface area contributed by atoms with Gasteiger partial charge in [0.25, 0.3) is 0 Å². The molecule has 0 spiro atoms. The van der Waals surface area contributed by atoms with E-state index < -0.39 is 10.8 Å². The molecule has 1 saturated heterocycles. The Balaban J connectivity index is 1.76. The van der Waals surface area contributed by atoms with Crippen LogP contribution in [0, 0.1) is 0 Å².